The summed E-state index contributed by atoms with van der Waals surface area (Å²) in [6, 6.07) is 4.93. The van der Waals surface area contributed by atoms with E-state index in [2.05, 4.69) is 4.74 Å². The number of halogens is 3. The Hall–Kier alpha value is -1.56. The molecule has 17 heavy (non-hydrogen) atoms. The molecule has 6 heteroatoms. The molecule has 3 nitrogen and oxygen atoms in total. The van der Waals surface area contributed by atoms with Gasteiger partial charge in [-0.25, -0.2) is 0 Å². The average Bonchev–Trinajstić information content (AvgIpc) is 2.25. The molecule has 1 aromatic carbocycles. The van der Waals surface area contributed by atoms with E-state index < -0.39 is 24.0 Å². The van der Waals surface area contributed by atoms with Gasteiger partial charge in [-0.2, -0.15) is 0 Å². The summed E-state index contributed by atoms with van der Waals surface area (Å²) >= 11 is 0. The largest absolute Gasteiger partial charge is 0.573 e. The van der Waals surface area contributed by atoms with Crippen LogP contribution in [0, 0.1) is 0 Å². The smallest absolute Gasteiger partial charge is 0.405 e. The zero-order chi connectivity index (χ0) is 13.1. The van der Waals surface area contributed by atoms with E-state index in [1.807, 2.05) is 0 Å². The normalized spacial score (nSPS) is 13.2. The minimum absolute atomic E-state index is 0.124. The third-order valence-corrected chi connectivity index (χ3v) is 2.07. The van der Waals surface area contributed by atoms with E-state index in [0.29, 0.717) is 0 Å². The number of carbonyl (C=O) groups excluding carboxylic acids is 1. The minimum atomic E-state index is -4.87. The van der Waals surface area contributed by atoms with Gasteiger partial charge >= 0.3 is 6.36 Å². The quantitative estimate of drug-likeness (QED) is 0.833. The van der Waals surface area contributed by atoms with Crippen molar-refractivity contribution in [3.63, 3.8) is 0 Å². The Bertz CT molecular complexity index is 401. The number of aliphatic hydroxyl groups excluding tert-OH is 1. The van der Waals surface area contributed by atoms with Crippen molar-refractivity contribution < 1.29 is 27.8 Å². The Kier molecular flexibility index (Phi) is 4.11. The van der Waals surface area contributed by atoms with Crippen LogP contribution < -0.4 is 4.74 Å². The number of hydrogen-bond acceptors (Lipinski definition) is 3. The number of alkyl halides is 3. The lowest BCUT2D eigenvalue weighted by Gasteiger charge is -2.14. The zero-order valence-corrected chi connectivity index (χ0v) is 8.99. The summed E-state index contributed by atoms with van der Waals surface area (Å²) < 4.78 is 39.9. The van der Waals surface area contributed by atoms with Gasteiger partial charge in [0.15, 0.2) is 5.78 Å². The van der Waals surface area contributed by atoms with Gasteiger partial charge in [0.25, 0.3) is 0 Å². The maximum Gasteiger partial charge on any atom is 0.573 e. The number of carbonyl (C=O) groups is 1. The molecule has 0 spiro atoms. The molecule has 1 rings (SSSR count). The topological polar surface area (TPSA) is 46.5 Å². The van der Waals surface area contributed by atoms with E-state index in [9.17, 15) is 23.1 Å². The monoisotopic (exact) mass is 248 g/mol. The molecule has 0 radical (unpaired) electrons. The van der Waals surface area contributed by atoms with Crippen molar-refractivity contribution in [2.75, 3.05) is 0 Å². The number of hydrogen-bond donors (Lipinski definition) is 1. The van der Waals surface area contributed by atoms with Crippen molar-refractivity contribution >= 4 is 5.78 Å². The molecular formula is C11H11F3O3. The Morgan fingerprint density at radius 3 is 2.53 bits per heavy atom. The van der Waals surface area contributed by atoms with E-state index in [4.69, 9.17) is 0 Å². The number of para-hydroxylation sites is 1. The molecule has 1 aromatic rings. The van der Waals surface area contributed by atoms with Crippen molar-refractivity contribution in [1.29, 1.82) is 0 Å². The van der Waals surface area contributed by atoms with Crippen molar-refractivity contribution in [1.82, 2.24) is 0 Å². The van der Waals surface area contributed by atoms with Crippen LogP contribution in [0.25, 0.3) is 0 Å². The summed E-state index contributed by atoms with van der Waals surface area (Å²) in [5.41, 5.74) is -0.279. The predicted molar refractivity (Wildman–Crippen MR) is 53.8 cm³/mol. The van der Waals surface area contributed by atoms with Crippen LogP contribution >= 0.6 is 0 Å². The molecule has 1 atom stereocenters. The van der Waals surface area contributed by atoms with Gasteiger partial charge in [0.2, 0.25) is 0 Å². The van der Waals surface area contributed by atoms with Gasteiger partial charge in [0.05, 0.1) is 5.56 Å². The van der Waals surface area contributed by atoms with E-state index in [-0.39, 0.29) is 12.0 Å². The fourth-order valence-corrected chi connectivity index (χ4v) is 1.25. The lowest BCUT2D eigenvalue weighted by Crippen LogP contribution is -2.23. The standard InChI is InChI=1S/C11H11F3O3/c1-2-8(15)10(16)7-5-3-4-6-9(7)17-11(12,13)14/h3-6,8,15H,2H2,1H3. The van der Waals surface area contributed by atoms with Crippen LogP contribution in [-0.2, 0) is 0 Å². The van der Waals surface area contributed by atoms with Crippen LogP contribution in [0.15, 0.2) is 24.3 Å². The van der Waals surface area contributed by atoms with Gasteiger partial charge in [-0.05, 0) is 18.6 Å². The van der Waals surface area contributed by atoms with Crippen LogP contribution in [0.5, 0.6) is 5.75 Å². The van der Waals surface area contributed by atoms with E-state index in [0.717, 1.165) is 6.07 Å². The Morgan fingerprint density at radius 1 is 1.41 bits per heavy atom. The fourth-order valence-electron chi connectivity index (χ4n) is 1.25. The number of rotatable bonds is 4. The maximum atomic E-state index is 12.1. The van der Waals surface area contributed by atoms with Gasteiger partial charge in [-0.15, -0.1) is 13.2 Å². The van der Waals surface area contributed by atoms with Gasteiger partial charge in [0.1, 0.15) is 11.9 Å². The van der Waals surface area contributed by atoms with Crippen molar-refractivity contribution in [3.05, 3.63) is 29.8 Å². The number of Topliss-reactive ketones (excluding diaryl/α,β-unsaturated/α-hetero) is 1. The molecule has 0 bridgehead atoms. The van der Waals surface area contributed by atoms with Crippen molar-refractivity contribution in [2.24, 2.45) is 0 Å². The molecule has 0 aromatic heterocycles. The zero-order valence-electron chi connectivity index (χ0n) is 8.99. The SMILES string of the molecule is CCC(O)C(=O)c1ccccc1OC(F)(F)F. The molecule has 0 saturated carbocycles. The number of ketones is 1. The highest BCUT2D eigenvalue weighted by molar-refractivity contribution is 6.01. The van der Waals surface area contributed by atoms with Crippen LogP contribution in [0.3, 0.4) is 0 Å². The predicted octanol–water partition coefficient (Wildman–Crippen LogP) is 2.54. The maximum absolute atomic E-state index is 12.1. The summed E-state index contributed by atoms with van der Waals surface area (Å²) in [6.07, 6.45) is -6.07. The summed E-state index contributed by atoms with van der Waals surface area (Å²) in [5, 5.41) is 9.32. The lowest BCUT2D eigenvalue weighted by atomic mass is 10.0. The summed E-state index contributed by atoms with van der Waals surface area (Å²) in [6.45, 7) is 1.55. The summed E-state index contributed by atoms with van der Waals surface area (Å²) in [7, 11) is 0. The first kappa shape index (κ1) is 13.5. The third kappa shape index (κ3) is 3.74. The second-order valence-electron chi connectivity index (χ2n) is 3.33. The van der Waals surface area contributed by atoms with Crippen molar-refractivity contribution in [3.8, 4) is 5.75 Å². The molecule has 0 aliphatic carbocycles. The number of aliphatic hydroxyl groups is 1. The molecule has 0 fully saturated rings. The molecule has 1 unspecified atom stereocenters. The first-order valence-electron chi connectivity index (χ1n) is 4.92. The molecule has 0 heterocycles. The lowest BCUT2D eigenvalue weighted by molar-refractivity contribution is -0.274. The third-order valence-electron chi connectivity index (χ3n) is 2.07. The molecule has 1 N–H and O–H groups in total. The highest BCUT2D eigenvalue weighted by Crippen LogP contribution is 2.27. The minimum Gasteiger partial charge on any atom is -0.405 e. The Balaban J connectivity index is 3.04. The fraction of sp³-hybridized carbons (Fsp3) is 0.364. The van der Waals surface area contributed by atoms with Crippen LogP contribution in [0.2, 0.25) is 0 Å². The summed E-state index contributed by atoms with van der Waals surface area (Å²) in [5.74, 6) is -1.38. The van der Waals surface area contributed by atoms with Crippen molar-refractivity contribution in [2.45, 2.75) is 25.8 Å². The first-order chi connectivity index (χ1) is 7.85. The Morgan fingerprint density at radius 2 is 2.00 bits per heavy atom. The molecule has 0 aliphatic rings. The molecule has 0 amide bonds. The van der Waals surface area contributed by atoms with Crippen LogP contribution in [-0.4, -0.2) is 23.4 Å². The second kappa shape index (κ2) is 5.18. The summed E-state index contributed by atoms with van der Waals surface area (Å²) in [4.78, 5) is 11.6. The highest BCUT2D eigenvalue weighted by atomic mass is 19.4. The van der Waals surface area contributed by atoms with E-state index in [1.165, 1.54) is 18.2 Å². The van der Waals surface area contributed by atoms with Gasteiger partial charge in [0, 0.05) is 0 Å². The molecule has 0 saturated heterocycles. The van der Waals surface area contributed by atoms with Gasteiger partial charge in [-0.3, -0.25) is 4.79 Å². The second-order valence-corrected chi connectivity index (χ2v) is 3.33. The Labute approximate surface area is 95.8 Å². The first-order valence-corrected chi connectivity index (χ1v) is 4.92. The van der Waals surface area contributed by atoms with Gasteiger partial charge < -0.3 is 9.84 Å². The van der Waals surface area contributed by atoms with Crippen LogP contribution in [0.4, 0.5) is 13.2 Å². The number of ether oxygens (including phenoxy) is 1. The molecule has 94 valence electrons. The van der Waals surface area contributed by atoms with E-state index in [1.54, 1.807) is 6.92 Å². The average molecular weight is 248 g/mol. The molecule has 0 aliphatic heterocycles. The number of benzene rings is 1. The van der Waals surface area contributed by atoms with Crippen LogP contribution in [0.1, 0.15) is 23.7 Å². The molecular weight excluding hydrogens is 237 g/mol. The highest BCUT2D eigenvalue weighted by Gasteiger charge is 2.33. The van der Waals surface area contributed by atoms with Gasteiger partial charge in [-0.1, -0.05) is 19.1 Å². The van der Waals surface area contributed by atoms with E-state index >= 15 is 0 Å².